The first-order valence-electron chi connectivity index (χ1n) is 4.26. The minimum absolute atomic E-state index is 0.746. The number of nitrogens with zero attached hydrogens (tertiary/aromatic N) is 2. The molecule has 14 heavy (non-hydrogen) atoms. The molecule has 0 amide bonds. The van der Waals surface area contributed by atoms with E-state index >= 15 is 0 Å². The number of hydrogen-bond donors (Lipinski definition) is 1. The molecule has 0 aliphatic carbocycles. The van der Waals surface area contributed by atoms with Crippen molar-refractivity contribution in [1.82, 2.24) is 4.57 Å². The molecule has 0 unspecified atom stereocenters. The summed E-state index contributed by atoms with van der Waals surface area (Å²) in [6, 6.07) is 13.6. The monoisotopic (exact) mass is 183 g/mol. The van der Waals surface area contributed by atoms with Gasteiger partial charge in [-0.2, -0.15) is 4.99 Å². The van der Waals surface area contributed by atoms with Crippen LogP contribution in [-0.2, 0) is 0 Å². The first-order chi connectivity index (χ1) is 6.90. The maximum atomic E-state index is 6.71. The molecule has 2 rings (SSSR count). The van der Waals surface area contributed by atoms with Gasteiger partial charge in [-0.25, -0.2) is 5.41 Å². The third kappa shape index (κ3) is 1.63. The lowest BCUT2D eigenvalue weighted by molar-refractivity contribution is 1.08. The molecule has 2 aromatic rings. The summed E-state index contributed by atoms with van der Waals surface area (Å²) in [6.45, 7) is 0. The van der Waals surface area contributed by atoms with Crippen molar-refractivity contribution in [2.75, 3.05) is 0 Å². The third-order valence-electron chi connectivity index (χ3n) is 1.94. The Labute approximate surface area is 81.9 Å². The molecule has 0 spiro atoms. The summed E-state index contributed by atoms with van der Waals surface area (Å²) in [7, 11) is 0. The molecule has 1 aromatic heterocycles. The Morgan fingerprint density at radius 3 is 2.29 bits per heavy atom. The van der Waals surface area contributed by atoms with Gasteiger partial charge in [-0.05, 0) is 36.4 Å². The van der Waals surface area contributed by atoms with Crippen LogP contribution in [0.5, 0.6) is 0 Å². The number of aliphatic imine (C=N–C) groups is 1. The fraction of sp³-hybridized carbons (Fsp3) is 0. The second kappa shape index (κ2) is 3.73. The Morgan fingerprint density at radius 1 is 1.07 bits per heavy atom. The zero-order chi connectivity index (χ0) is 9.80. The summed E-state index contributed by atoms with van der Waals surface area (Å²) in [5.74, 6) is 0. The summed E-state index contributed by atoms with van der Waals surface area (Å²) in [4.78, 5) is 3.74. The zero-order valence-corrected chi connectivity index (χ0v) is 7.51. The van der Waals surface area contributed by atoms with E-state index in [2.05, 4.69) is 4.99 Å². The predicted molar refractivity (Wildman–Crippen MR) is 55.6 cm³/mol. The van der Waals surface area contributed by atoms with Gasteiger partial charge in [0, 0.05) is 18.1 Å². The molecule has 1 heterocycles. The lowest BCUT2D eigenvalue weighted by atomic mass is 10.3. The van der Waals surface area contributed by atoms with Crippen molar-refractivity contribution in [3.63, 3.8) is 0 Å². The van der Waals surface area contributed by atoms with Crippen LogP contribution in [0, 0.1) is 5.41 Å². The molecule has 0 saturated carbocycles. The van der Waals surface area contributed by atoms with E-state index in [0.29, 0.717) is 0 Å². The number of aromatic nitrogens is 1. The van der Waals surface area contributed by atoms with Gasteiger partial charge in [-0.1, -0.05) is 0 Å². The molecule has 0 radical (unpaired) electrons. The van der Waals surface area contributed by atoms with Crippen LogP contribution in [0.4, 0.5) is 5.69 Å². The van der Waals surface area contributed by atoms with Gasteiger partial charge in [-0.15, -0.1) is 0 Å². The van der Waals surface area contributed by atoms with Crippen LogP contribution >= 0.6 is 0 Å². The Balaban J connectivity index is 2.35. The van der Waals surface area contributed by atoms with Gasteiger partial charge in [0.05, 0.1) is 11.7 Å². The van der Waals surface area contributed by atoms with Gasteiger partial charge in [-0.3, -0.25) is 0 Å². The molecule has 0 saturated heterocycles. The summed E-state index contributed by atoms with van der Waals surface area (Å²) in [5.41, 5.74) is 1.83. The quantitative estimate of drug-likeness (QED) is 0.695. The van der Waals surface area contributed by atoms with Gasteiger partial charge >= 0.3 is 0 Å². The van der Waals surface area contributed by atoms with E-state index in [1.165, 1.54) is 0 Å². The summed E-state index contributed by atoms with van der Waals surface area (Å²) < 4.78 is 2.01. The molecule has 0 fully saturated rings. The normalized spacial score (nSPS) is 9.43. The van der Waals surface area contributed by atoms with Gasteiger partial charge in [0.2, 0.25) is 0 Å². The van der Waals surface area contributed by atoms with Crippen LogP contribution in [-0.4, -0.2) is 10.6 Å². The van der Waals surface area contributed by atoms with Crippen LogP contribution < -0.4 is 0 Å². The summed E-state index contributed by atoms with van der Waals surface area (Å²) in [6.07, 6.45) is 3.96. The van der Waals surface area contributed by atoms with Crippen molar-refractivity contribution in [2.45, 2.75) is 0 Å². The highest BCUT2D eigenvalue weighted by atomic mass is 14.9. The largest absolute Gasteiger partial charge is 0.324 e. The summed E-state index contributed by atoms with van der Waals surface area (Å²) >= 11 is 0. The zero-order valence-electron chi connectivity index (χ0n) is 7.51. The second-order valence-electron chi connectivity index (χ2n) is 2.83. The smallest absolute Gasteiger partial charge is 0.0918 e. The first kappa shape index (κ1) is 8.48. The molecule has 0 bridgehead atoms. The highest BCUT2D eigenvalue weighted by molar-refractivity contribution is 5.52. The van der Waals surface area contributed by atoms with E-state index in [0.717, 1.165) is 11.4 Å². The highest BCUT2D eigenvalue weighted by Gasteiger charge is 1.93. The molecule has 1 N–H and O–H groups in total. The lowest BCUT2D eigenvalue weighted by Crippen LogP contribution is -1.87. The van der Waals surface area contributed by atoms with Gasteiger partial charge in [0.15, 0.2) is 0 Å². The van der Waals surface area contributed by atoms with Crippen LogP contribution in [0.2, 0.25) is 0 Å². The van der Waals surface area contributed by atoms with Crippen LogP contribution in [0.3, 0.4) is 0 Å². The van der Waals surface area contributed by atoms with Crippen LogP contribution in [0.25, 0.3) is 5.69 Å². The molecule has 3 heteroatoms. The molecule has 1 aromatic carbocycles. The number of hydrogen-bond acceptors (Lipinski definition) is 2. The van der Waals surface area contributed by atoms with E-state index in [1.807, 2.05) is 59.4 Å². The molecule has 0 atom stereocenters. The van der Waals surface area contributed by atoms with Crippen LogP contribution in [0.1, 0.15) is 0 Å². The molecule has 0 aliphatic heterocycles. The maximum Gasteiger partial charge on any atom is 0.0918 e. The predicted octanol–water partition coefficient (Wildman–Crippen LogP) is 2.86. The van der Waals surface area contributed by atoms with E-state index in [9.17, 15) is 0 Å². The van der Waals surface area contributed by atoms with Crippen molar-refractivity contribution in [3.8, 4) is 5.69 Å². The average molecular weight is 183 g/mol. The molecular weight excluding hydrogens is 174 g/mol. The standard InChI is InChI=1S/C11H9N3/c12-9-13-10-3-5-11(6-4-10)14-7-1-2-8-14/h1-8,12H. The first-order valence-corrected chi connectivity index (χ1v) is 4.26. The van der Waals surface area contributed by atoms with E-state index < -0.39 is 0 Å². The SMILES string of the molecule is N=C=Nc1ccc(-n2cccc2)cc1. The fourth-order valence-electron chi connectivity index (χ4n) is 1.27. The maximum absolute atomic E-state index is 6.71. The number of nitrogens with one attached hydrogen (secondary N) is 1. The molecule has 0 aliphatic rings. The molecule has 68 valence electrons. The van der Waals surface area contributed by atoms with Crippen molar-refractivity contribution < 1.29 is 0 Å². The summed E-state index contributed by atoms with van der Waals surface area (Å²) in [5, 5.41) is 6.71. The minimum Gasteiger partial charge on any atom is -0.324 e. The van der Waals surface area contributed by atoms with Crippen molar-refractivity contribution >= 4 is 11.7 Å². The van der Waals surface area contributed by atoms with Gasteiger partial charge < -0.3 is 4.57 Å². The van der Waals surface area contributed by atoms with Crippen molar-refractivity contribution in [1.29, 1.82) is 5.41 Å². The van der Waals surface area contributed by atoms with Gasteiger partial charge in [0.1, 0.15) is 0 Å². The third-order valence-corrected chi connectivity index (χ3v) is 1.94. The Morgan fingerprint density at radius 2 is 1.71 bits per heavy atom. The second-order valence-corrected chi connectivity index (χ2v) is 2.83. The molecular formula is C11H9N3. The van der Waals surface area contributed by atoms with Crippen molar-refractivity contribution in [3.05, 3.63) is 48.8 Å². The molecule has 3 nitrogen and oxygen atoms in total. The Hall–Kier alpha value is -2.12. The minimum atomic E-state index is 0.746. The van der Waals surface area contributed by atoms with Gasteiger partial charge in [0.25, 0.3) is 0 Å². The number of rotatable bonds is 2. The fourth-order valence-corrected chi connectivity index (χ4v) is 1.27. The Bertz CT molecular complexity index is 448. The average Bonchev–Trinajstić information content (AvgIpc) is 2.72. The van der Waals surface area contributed by atoms with E-state index in [1.54, 1.807) is 0 Å². The Kier molecular flexibility index (Phi) is 2.26. The number of benzene rings is 1. The topological polar surface area (TPSA) is 41.1 Å². The highest BCUT2D eigenvalue weighted by Crippen LogP contribution is 2.15. The van der Waals surface area contributed by atoms with E-state index in [-0.39, 0.29) is 0 Å². The van der Waals surface area contributed by atoms with E-state index in [4.69, 9.17) is 5.41 Å². The van der Waals surface area contributed by atoms with Crippen LogP contribution in [0.15, 0.2) is 53.8 Å². The lowest BCUT2D eigenvalue weighted by Gasteiger charge is -2.01. The van der Waals surface area contributed by atoms with Crippen molar-refractivity contribution in [2.24, 2.45) is 4.99 Å².